The number of methoxy groups -OCH3 is 2. The van der Waals surface area contributed by atoms with Gasteiger partial charge >= 0.3 is 0 Å². The van der Waals surface area contributed by atoms with Crippen molar-refractivity contribution in [2.24, 2.45) is 16.5 Å². The normalized spacial score (nSPS) is 11.9. The van der Waals surface area contributed by atoms with Gasteiger partial charge in [0.15, 0.2) is 10.3 Å². The maximum Gasteiger partial charge on any atom is 0.252 e. The van der Waals surface area contributed by atoms with Crippen molar-refractivity contribution in [2.45, 2.75) is 24.6 Å². The van der Waals surface area contributed by atoms with Gasteiger partial charge in [-0.1, -0.05) is 36.0 Å². The zero-order valence-corrected chi connectivity index (χ0v) is 23.6. The summed E-state index contributed by atoms with van der Waals surface area (Å²) >= 11 is 3.54. The molecule has 0 bridgehead atoms. The zero-order chi connectivity index (χ0) is 27.9. The molecule has 2 amide bonds. The first-order chi connectivity index (χ1) is 18.2. The van der Waals surface area contributed by atoms with Crippen LogP contribution in [0, 0.1) is 10.8 Å². The van der Waals surface area contributed by atoms with E-state index in [1.165, 1.54) is 11.8 Å². The lowest BCUT2D eigenvalue weighted by Gasteiger charge is -2.12. The summed E-state index contributed by atoms with van der Waals surface area (Å²) < 4.78 is 10.3. The Morgan fingerprint density at radius 1 is 1.03 bits per heavy atom. The molecule has 0 aliphatic carbocycles. The fraction of sp³-hybridized carbons (Fsp3) is 0.320. The maximum atomic E-state index is 12.2. The Morgan fingerprint density at radius 3 is 2.24 bits per heavy atom. The first-order valence-corrected chi connectivity index (χ1v) is 14.3. The van der Waals surface area contributed by atoms with Crippen LogP contribution in [-0.2, 0) is 22.4 Å². The van der Waals surface area contributed by atoms with Crippen molar-refractivity contribution in [3.8, 4) is 11.5 Å². The molecular weight excluding hydrogens is 545 g/mol. The van der Waals surface area contributed by atoms with Gasteiger partial charge in [-0.2, -0.15) is 16.8 Å². The molecule has 2 aromatic carbocycles. The Balaban J connectivity index is 1.63. The lowest BCUT2D eigenvalue weighted by molar-refractivity contribution is -0.119. The van der Waals surface area contributed by atoms with E-state index in [-0.39, 0.29) is 34.1 Å². The fourth-order valence-corrected chi connectivity index (χ4v) is 5.55. The summed E-state index contributed by atoms with van der Waals surface area (Å²) in [6.45, 7) is 0. The molecule has 0 fully saturated rings. The van der Waals surface area contributed by atoms with E-state index < -0.39 is 11.3 Å². The van der Waals surface area contributed by atoms with Crippen molar-refractivity contribution in [1.29, 1.82) is 10.8 Å². The molecule has 7 N–H and O–H groups in total. The Kier molecular flexibility index (Phi) is 13.8. The summed E-state index contributed by atoms with van der Waals surface area (Å²) in [5.74, 6) is 1.76. The van der Waals surface area contributed by atoms with Gasteiger partial charge in [0.1, 0.15) is 11.5 Å². The molecule has 38 heavy (non-hydrogen) atoms. The van der Waals surface area contributed by atoms with Crippen LogP contribution in [0.5, 0.6) is 11.5 Å². The standard InChI is InChI=1S/C25H32N6O4S3/c1-34-18-7-3-5-16(11-18)13-22(32)30-24(28)37-20(26)9-10-36-15-21(27)38-25(29)31-23(33)14-17-6-4-8-19(12-17)35-2/h3-8,11-12,21,26H,9-10,13-15,27H2,1-2H3,(H2,28,30,32)(H2,29,31,33). The second kappa shape index (κ2) is 16.8. The molecule has 0 heterocycles. The summed E-state index contributed by atoms with van der Waals surface area (Å²) in [6, 6.07) is 14.3. The van der Waals surface area contributed by atoms with Crippen LogP contribution in [0.1, 0.15) is 17.5 Å². The van der Waals surface area contributed by atoms with E-state index in [1.54, 1.807) is 56.7 Å². The molecule has 0 aliphatic rings. The Bertz CT molecular complexity index is 1160. The number of amides is 2. The lowest BCUT2D eigenvalue weighted by atomic mass is 10.1. The summed E-state index contributed by atoms with van der Waals surface area (Å²) in [4.78, 5) is 28.2. The van der Waals surface area contributed by atoms with Crippen molar-refractivity contribution < 1.29 is 19.1 Å². The summed E-state index contributed by atoms with van der Waals surface area (Å²) in [6.07, 6.45) is 0.651. The molecule has 0 radical (unpaired) electrons. The van der Waals surface area contributed by atoms with E-state index in [0.29, 0.717) is 29.4 Å². The van der Waals surface area contributed by atoms with Gasteiger partial charge in [-0.15, -0.1) is 0 Å². The van der Waals surface area contributed by atoms with Crippen LogP contribution in [-0.4, -0.2) is 58.3 Å². The van der Waals surface area contributed by atoms with Gasteiger partial charge in [0.25, 0.3) is 5.91 Å². The number of nitrogens with zero attached hydrogens (tertiary/aromatic N) is 1. The van der Waals surface area contributed by atoms with E-state index in [2.05, 4.69) is 10.3 Å². The van der Waals surface area contributed by atoms with Crippen LogP contribution in [0.25, 0.3) is 0 Å². The number of thioether (sulfide) groups is 3. The number of ether oxygens (including phenoxy) is 2. The molecule has 13 heteroatoms. The predicted molar refractivity (Wildman–Crippen MR) is 159 cm³/mol. The van der Waals surface area contributed by atoms with Gasteiger partial charge < -0.3 is 26.3 Å². The molecule has 0 saturated carbocycles. The molecule has 1 atom stereocenters. The first kappa shape index (κ1) is 31.2. The number of carbonyl (C=O) groups excluding carboxylic acids is 2. The van der Waals surface area contributed by atoms with Crippen LogP contribution >= 0.6 is 35.3 Å². The molecule has 204 valence electrons. The van der Waals surface area contributed by atoms with Crippen LogP contribution in [0.3, 0.4) is 0 Å². The largest absolute Gasteiger partial charge is 0.497 e. The quantitative estimate of drug-likeness (QED) is 0.110. The molecule has 0 saturated heterocycles. The predicted octanol–water partition coefficient (Wildman–Crippen LogP) is 3.23. The second-order valence-corrected chi connectivity index (χ2v) is 11.3. The lowest BCUT2D eigenvalue weighted by Crippen LogP contribution is -2.32. The molecule has 10 nitrogen and oxygen atoms in total. The van der Waals surface area contributed by atoms with Crippen molar-refractivity contribution in [2.75, 3.05) is 25.7 Å². The number of nitrogens with one attached hydrogen (secondary N) is 3. The monoisotopic (exact) mass is 576 g/mol. The minimum absolute atomic E-state index is 0.0168. The average Bonchev–Trinajstić information content (AvgIpc) is 2.86. The number of hydrogen-bond acceptors (Lipinski definition) is 10. The van der Waals surface area contributed by atoms with Crippen molar-refractivity contribution in [3.63, 3.8) is 0 Å². The molecule has 0 spiro atoms. The number of rotatable bonds is 12. The van der Waals surface area contributed by atoms with Gasteiger partial charge in [0.05, 0.1) is 37.5 Å². The highest BCUT2D eigenvalue weighted by molar-refractivity contribution is 8.26. The first-order valence-electron chi connectivity index (χ1n) is 11.4. The van der Waals surface area contributed by atoms with Crippen LogP contribution < -0.4 is 26.3 Å². The second-order valence-electron chi connectivity index (χ2n) is 7.78. The Hall–Kier alpha value is -3.00. The minimum atomic E-state index is -0.397. The minimum Gasteiger partial charge on any atom is -0.497 e. The van der Waals surface area contributed by atoms with E-state index >= 15 is 0 Å². The Morgan fingerprint density at radius 2 is 1.63 bits per heavy atom. The number of hydrogen-bond donors (Lipinski definition) is 5. The smallest absolute Gasteiger partial charge is 0.252 e. The topological polar surface area (TPSA) is 177 Å². The van der Waals surface area contributed by atoms with Gasteiger partial charge in [0.2, 0.25) is 5.91 Å². The van der Waals surface area contributed by atoms with Crippen LogP contribution in [0.4, 0.5) is 0 Å². The summed E-state index contributed by atoms with van der Waals surface area (Å²) in [7, 11) is 3.12. The highest BCUT2D eigenvalue weighted by Crippen LogP contribution is 2.17. The number of nitrogens with two attached hydrogens (primary N) is 2. The third-order valence-corrected chi connectivity index (χ3v) is 7.59. The highest BCUT2D eigenvalue weighted by atomic mass is 32.2. The summed E-state index contributed by atoms with van der Waals surface area (Å²) in [5.41, 5.74) is 13.4. The van der Waals surface area contributed by atoms with Crippen LogP contribution in [0.15, 0.2) is 53.5 Å². The molecule has 2 aromatic rings. The number of aliphatic imine (C=N–C) groups is 1. The number of carbonyl (C=O) groups is 2. The molecule has 0 aromatic heterocycles. The van der Waals surface area contributed by atoms with Crippen molar-refractivity contribution in [1.82, 2.24) is 5.32 Å². The molecular formula is C25H32N6O4S3. The van der Waals surface area contributed by atoms with E-state index in [4.69, 9.17) is 31.8 Å². The Labute approximate surface area is 235 Å². The van der Waals surface area contributed by atoms with E-state index in [0.717, 1.165) is 34.7 Å². The third-order valence-electron chi connectivity index (χ3n) is 4.73. The van der Waals surface area contributed by atoms with E-state index in [9.17, 15) is 9.59 Å². The molecule has 0 aliphatic heterocycles. The van der Waals surface area contributed by atoms with Crippen LogP contribution in [0.2, 0.25) is 0 Å². The van der Waals surface area contributed by atoms with Gasteiger partial charge in [-0.05, 0) is 52.9 Å². The van der Waals surface area contributed by atoms with Gasteiger partial charge in [0, 0.05) is 12.2 Å². The molecule has 1 unspecified atom stereocenters. The summed E-state index contributed by atoms with van der Waals surface area (Å²) in [5, 5.41) is 18.5. The number of benzene rings is 2. The van der Waals surface area contributed by atoms with Gasteiger partial charge in [-0.25, -0.2) is 0 Å². The maximum absolute atomic E-state index is 12.2. The fourth-order valence-electron chi connectivity index (χ4n) is 3.04. The third kappa shape index (κ3) is 12.5. The van der Waals surface area contributed by atoms with Crippen molar-refractivity contribution in [3.05, 3.63) is 59.7 Å². The highest BCUT2D eigenvalue weighted by Gasteiger charge is 2.12. The van der Waals surface area contributed by atoms with Gasteiger partial charge in [-0.3, -0.25) is 20.4 Å². The molecule has 2 rings (SSSR count). The number of amidine groups is 2. The average molecular weight is 577 g/mol. The van der Waals surface area contributed by atoms with E-state index in [1.807, 2.05) is 6.07 Å². The zero-order valence-electron chi connectivity index (χ0n) is 21.2. The van der Waals surface area contributed by atoms with Crippen molar-refractivity contribution >= 4 is 62.5 Å². The SMILES string of the molecule is COc1cccc(CC(=O)N=C(N)SC(=N)CCSCC(N)SC(=N)NC(=O)Cc2cccc(OC)c2)c1.